The van der Waals surface area contributed by atoms with Gasteiger partial charge in [0.15, 0.2) is 0 Å². The van der Waals surface area contributed by atoms with Gasteiger partial charge in [0.25, 0.3) is 0 Å². The molecule has 0 saturated carbocycles. The molecular formula is C17H24N4O2S. The van der Waals surface area contributed by atoms with Crippen molar-refractivity contribution in [1.82, 2.24) is 20.5 Å². The number of urea groups is 1. The Hall–Kier alpha value is -2.12. The molecule has 2 amide bonds. The molecule has 0 fully saturated rings. The third-order valence-corrected chi connectivity index (χ3v) is 4.59. The molecule has 1 heterocycles. The van der Waals surface area contributed by atoms with Gasteiger partial charge in [0.1, 0.15) is 10.8 Å². The minimum atomic E-state index is -0.197. The number of nitrogens with zero attached hydrogens (tertiary/aromatic N) is 2. The van der Waals surface area contributed by atoms with E-state index in [1.165, 1.54) is 0 Å². The number of carbonyl (C=O) groups excluding carboxylic acids is 1. The maximum Gasteiger partial charge on any atom is 0.315 e. The number of likely N-dealkylation sites (N-methyl/N-ethyl adjacent to an activating group) is 1. The van der Waals surface area contributed by atoms with Crippen molar-refractivity contribution < 1.29 is 9.53 Å². The Labute approximate surface area is 146 Å². The molecule has 0 spiro atoms. The van der Waals surface area contributed by atoms with Gasteiger partial charge < -0.3 is 20.3 Å². The zero-order valence-corrected chi connectivity index (χ0v) is 15.3. The molecule has 2 rings (SSSR count). The van der Waals surface area contributed by atoms with Crippen LogP contribution in [0.4, 0.5) is 4.79 Å². The summed E-state index contributed by atoms with van der Waals surface area (Å²) in [5.41, 5.74) is 2.07. The number of carbonyl (C=O) groups is 1. The number of benzene rings is 1. The lowest BCUT2D eigenvalue weighted by Gasteiger charge is -2.25. The van der Waals surface area contributed by atoms with E-state index in [2.05, 4.69) is 20.5 Å². The third-order valence-electron chi connectivity index (χ3n) is 3.62. The molecule has 7 heteroatoms. The molecule has 2 N–H and O–H groups in total. The average Bonchev–Trinajstić information content (AvgIpc) is 2.98. The van der Waals surface area contributed by atoms with E-state index in [0.29, 0.717) is 13.1 Å². The number of rotatable bonds is 7. The second-order valence-corrected chi connectivity index (χ2v) is 6.64. The predicted octanol–water partition coefficient (Wildman–Crippen LogP) is 2.56. The van der Waals surface area contributed by atoms with Crippen molar-refractivity contribution in [1.29, 1.82) is 0 Å². The molecule has 0 aliphatic rings. The molecule has 2 aromatic rings. The van der Waals surface area contributed by atoms with Crippen molar-refractivity contribution in [2.75, 3.05) is 27.7 Å². The third kappa shape index (κ3) is 5.21. The number of hydrogen-bond donors (Lipinski definition) is 2. The Bertz CT molecular complexity index is 672. The summed E-state index contributed by atoms with van der Waals surface area (Å²) in [4.78, 5) is 18.4. The van der Waals surface area contributed by atoms with Crippen molar-refractivity contribution >= 4 is 17.4 Å². The summed E-state index contributed by atoms with van der Waals surface area (Å²) in [6, 6.07) is 7.75. The zero-order chi connectivity index (χ0) is 17.5. The first-order valence-electron chi connectivity index (χ1n) is 7.72. The minimum Gasteiger partial charge on any atom is -0.497 e. The summed E-state index contributed by atoms with van der Waals surface area (Å²) >= 11 is 1.55. The van der Waals surface area contributed by atoms with E-state index >= 15 is 0 Å². The maximum absolute atomic E-state index is 12.0. The number of amides is 2. The van der Waals surface area contributed by atoms with Gasteiger partial charge in [-0.05, 0) is 38.7 Å². The van der Waals surface area contributed by atoms with E-state index < -0.39 is 0 Å². The van der Waals surface area contributed by atoms with Gasteiger partial charge in [-0.3, -0.25) is 0 Å². The summed E-state index contributed by atoms with van der Waals surface area (Å²) < 4.78 is 5.28. The van der Waals surface area contributed by atoms with Crippen molar-refractivity contribution in [3.8, 4) is 5.75 Å². The van der Waals surface area contributed by atoms with E-state index in [1.807, 2.05) is 50.7 Å². The van der Waals surface area contributed by atoms with Gasteiger partial charge in [-0.15, -0.1) is 11.3 Å². The molecule has 0 unspecified atom stereocenters. The smallest absolute Gasteiger partial charge is 0.315 e. The van der Waals surface area contributed by atoms with Gasteiger partial charge in [-0.25, -0.2) is 9.78 Å². The van der Waals surface area contributed by atoms with E-state index in [9.17, 15) is 4.79 Å². The monoisotopic (exact) mass is 348 g/mol. The van der Waals surface area contributed by atoms with Crippen molar-refractivity contribution in [2.45, 2.75) is 19.5 Å². The van der Waals surface area contributed by atoms with Crippen molar-refractivity contribution in [2.24, 2.45) is 0 Å². The van der Waals surface area contributed by atoms with Crippen LogP contribution in [0.15, 0.2) is 29.6 Å². The van der Waals surface area contributed by atoms with Crippen LogP contribution in [0.1, 0.15) is 22.3 Å². The number of thiazole rings is 1. The Balaban J connectivity index is 1.89. The van der Waals surface area contributed by atoms with Gasteiger partial charge in [0.05, 0.1) is 19.7 Å². The fraction of sp³-hybridized carbons (Fsp3) is 0.412. The number of methoxy groups -OCH3 is 1. The first-order chi connectivity index (χ1) is 11.5. The Morgan fingerprint density at radius 3 is 2.79 bits per heavy atom. The second kappa shape index (κ2) is 8.65. The lowest BCUT2D eigenvalue weighted by Crippen LogP contribution is -2.40. The Morgan fingerprint density at radius 2 is 2.17 bits per heavy atom. The molecule has 6 nitrogen and oxygen atoms in total. The first-order valence-corrected chi connectivity index (χ1v) is 8.60. The van der Waals surface area contributed by atoms with Crippen molar-refractivity contribution in [3.05, 3.63) is 45.9 Å². The van der Waals surface area contributed by atoms with Crippen LogP contribution >= 0.6 is 11.3 Å². The first kappa shape index (κ1) is 18.2. The molecule has 1 aromatic heterocycles. The number of aryl methyl sites for hydroxylation is 1. The van der Waals surface area contributed by atoms with Crippen molar-refractivity contribution in [3.63, 3.8) is 0 Å². The van der Waals surface area contributed by atoms with E-state index in [-0.39, 0.29) is 12.1 Å². The Morgan fingerprint density at radius 1 is 1.38 bits per heavy atom. The molecule has 0 bridgehead atoms. The number of nitrogens with one attached hydrogen (secondary N) is 2. The highest BCUT2D eigenvalue weighted by molar-refractivity contribution is 7.09. The minimum absolute atomic E-state index is 0.0629. The number of ether oxygens (including phenoxy) is 1. The molecule has 0 radical (unpaired) electrons. The lowest BCUT2D eigenvalue weighted by molar-refractivity contribution is 0.232. The van der Waals surface area contributed by atoms with Gasteiger partial charge >= 0.3 is 6.03 Å². The van der Waals surface area contributed by atoms with Crippen LogP contribution in [0.5, 0.6) is 5.75 Å². The van der Waals surface area contributed by atoms with Gasteiger partial charge in [-0.2, -0.15) is 0 Å². The molecule has 0 saturated heterocycles. The summed E-state index contributed by atoms with van der Waals surface area (Å²) in [7, 11) is 5.62. The van der Waals surface area contributed by atoms with Crippen LogP contribution in [-0.2, 0) is 6.54 Å². The van der Waals surface area contributed by atoms with E-state index in [4.69, 9.17) is 4.74 Å². The number of aromatic nitrogens is 1. The van der Waals surface area contributed by atoms with Gasteiger partial charge in [-0.1, -0.05) is 12.1 Å². The normalized spacial score (nSPS) is 12.0. The SMILES string of the molecule is COc1cccc([C@@H](CNC(=O)NCc2nc(C)cs2)N(C)C)c1. The summed E-state index contributed by atoms with van der Waals surface area (Å²) in [5.74, 6) is 0.808. The van der Waals surface area contributed by atoms with Gasteiger partial charge in [0.2, 0.25) is 0 Å². The highest BCUT2D eigenvalue weighted by atomic mass is 32.1. The summed E-state index contributed by atoms with van der Waals surface area (Å²) in [5, 5.41) is 8.63. The molecule has 1 atom stereocenters. The van der Waals surface area contributed by atoms with E-state index in [1.54, 1.807) is 18.4 Å². The predicted molar refractivity (Wildman–Crippen MR) is 96.5 cm³/mol. The number of hydrogen-bond acceptors (Lipinski definition) is 5. The largest absolute Gasteiger partial charge is 0.497 e. The van der Waals surface area contributed by atoms with Crippen LogP contribution in [0.3, 0.4) is 0 Å². The zero-order valence-electron chi connectivity index (χ0n) is 14.5. The van der Waals surface area contributed by atoms with Crippen LogP contribution < -0.4 is 15.4 Å². The quantitative estimate of drug-likeness (QED) is 0.807. The van der Waals surface area contributed by atoms with Gasteiger partial charge in [0, 0.05) is 17.6 Å². The van der Waals surface area contributed by atoms with Crippen LogP contribution in [0.25, 0.3) is 0 Å². The molecule has 1 aromatic carbocycles. The summed E-state index contributed by atoms with van der Waals surface area (Å²) in [6.45, 7) is 2.88. The van der Waals surface area contributed by atoms with Crippen LogP contribution in [-0.4, -0.2) is 43.7 Å². The Kier molecular flexibility index (Phi) is 6.57. The lowest BCUT2D eigenvalue weighted by atomic mass is 10.1. The highest BCUT2D eigenvalue weighted by Crippen LogP contribution is 2.22. The highest BCUT2D eigenvalue weighted by Gasteiger charge is 2.16. The van der Waals surface area contributed by atoms with E-state index in [0.717, 1.165) is 22.0 Å². The van der Waals surface area contributed by atoms with Crippen LogP contribution in [0.2, 0.25) is 0 Å². The molecule has 24 heavy (non-hydrogen) atoms. The molecule has 0 aliphatic carbocycles. The fourth-order valence-corrected chi connectivity index (χ4v) is 3.05. The molecule has 0 aliphatic heterocycles. The molecular weight excluding hydrogens is 324 g/mol. The summed E-state index contributed by atoms with van der Waals surface area (Å²) in [6.07, 6.45) is 0. The fourth-order valence-electron chi connectivity index (χ4n) is 2.34. The standard InChI is InChI=1S/C17H24N4O2S/c1-12-11-24-16(20-12)10-19-17(22)18-9-15(21(2)3)13-6-5-7-14(8-13)23-4/h5-8,11,15H,9-10H2,1-4H3,(H2,18,19,22)/t15-/m1/s1. The topological polar surface area (TPSA) is 66.5 Å². The molecule has 130 valence electrons. The van der Waals surface area contributed by atoms with Crippen LogP contribution in [0, 0.1) is 6.92 Å². The average molecular weight is 348 g/mol. The maximum atomic E-state index is 12.0. The second-order valence-electron chi connectivity index (χ2n) is 5.70.